The quantitative estimate of drug-likeness (QED) is 0.733. The second kappa shape index (κ2) is 8.52. The van der Waals surface area contributed by atoms with Gasteiger partial charge in [0, 0.05) is 12.1 Å². The molecule has 0 bridgehead atoms. The van der Waals surface area contributed by atoms with Crippen LogP contribution in [0.15, 0.2) is 0 Å². The standard InChI is InChI=1S/C15H30N2O/c1-4-5-9-12(2)16-13(3)15(18)17-14-10-7-6-8-11-14/h12-14,16H,4-11H2,1-3H3,(H,17,18). The van der Waals surface area contributed by atoms with E-state index in [0.717, 1.165) is 19.3 Å². The van der Waals surface area contributed by atoms with Gasteiger partial charge in [-0.25, -0.2) is 0 Å². The van der Waals surface area contributed by atoms with Crippen LogP contribution in [-0.2, 0) is 4.79 Å². The number of hydrogen-bond acceptors (Lipinski definition) is 2. The molecule has 2 unspecified atom stereocenters. The minimum absolute atomic E-state index is 0.0706. The van der Waals surface area contributed by atoms with Gasteiger partial charge in [0.05, 0.1) is 6.04 Å². The van der Waals surface area contributed by atoms with Crippen LogP contribution in [0.25, 0.3) is 0 Å². The molecule has 0 radical (unpaired) electrons. The molecule has 0 aromatic carbocycles. The topological polar surface area (TPSA) is 41.1 Å². The van der Waals surface area contributed by atoms with Crippen molar-refractivity contribution in [2.24, 2.45) is 0 Å². The van der Waals surface area contributed by atoms with Gasteiger partial charge in [-0.1, -0.05) is 39.0 Å². The van der Waals surface area contributed by atoms with Crippen molar-refractivity contribution in [3.63, 3.8) is 0 Å². The van der Waals surface area contributed by atoms with Gasteiger partial charge in [-0.3, -0.25) is 4.79 Å². The first-order valence-electron chi connectivity index (χ1n) is 7.70. The maximum absolute atomic E-state index is 12.0. The fourth-order valence-electron chi connectivity index (χ4n) is 2.67. The van der Waals surface area contributed by atoms with Crippen LogP contribution < -0.4 is 10.6 Å². The van der Waals surface area contributed by atoms with Crippen LogP contribution in [0.4, 0.5) is 0 Å². The van der Waals surface area contributed by atoms with Crippen LogP contribution in [0, 0.1) is 0 Å². The van der Waals surface area contributed by atoms with E-state index in [0.29, 0.717) is 12.1 Å². The monoisotopic (exact) mass is 254 g/mol. The lowest BCUT2D eigenvalue weighted by atomic mass is 9.95. The van der Waals surface area contributed by atoms with Gasteiger partial charge in [0.15, 0.2) is 0 Å². The van der Waals surface area contributed by atoms with Crippen LogP contribution >= 0.6 is 0 Å². The molecule has 106 valence electrons. The van der Waals surface area contributed by atoms with E-state index in [2.05, 4.69) is 24.5 Å². The average molecular weight is 254 g/mol. The molecule has 0 aromatic rings. The molecule has 1 rings (SSSR count). The van der Waals surface area contributed by atoms with Crippen LogP contribution in [0.1, 0.15) is 72.1 Å². The zero-order valence-corrected chi connectivity index (χ0v) is 12.3. The summed E-state index contributed by atoms with van der Waals surface area (Å²) in [6.07, 6.45) is 9.76. The normalized spacial score (nSPS) is 20.4. The highest BCUT2D eigenvalue weighted by molar-refractivity contribution is 5.81. The zero-order valence-electron chi connectivity index (χ0n) is 12.3. The highest BCUT2D eigenvalue weighted by Gasteiger charge is 2.20. The Kier molecular flexibility index (Phi) is 7.33. The lowest BCUT2D eigenvalue weighted by Gasteiger charge is -2.26. The minimum Gasteiger partial charge on any atom is -0.352 e. The molecule has 0 saturated heterocycles. The number of unbranched alkanes of at least 4 members (excludes halogenated alkanes) is 1. The molecule has 2 N–H and O–H groups in total. The lowest BCUT2D eigenvalue weighted by molar-refractivity contribution is -0.123. The number of hydrogen-bond donors (Lipinski definition) is 2. The molecule has 1 aliphatic rings. The predicted molar refractivity (Wildman–Crippen MR) is 76.6 cm³/mol. The van der Waals surface area contributed by atoms with E-state index in [1.165, 1.54) is 32.1 Å². The zero-order chi connectivity index (χ0) is 13.4. The Morgan fingerprint density at radius 3 is 2.50 bits per heavy atom. The molecule has 0 aromatic heterocycles. The molecule has 1 amide bonds. The lowest BCUT2D eigenvalue weighted by Crippen LogP contribution is -2.49. The molecule has 3 heteroatoms. The third kappa shape index (κ3) is 5.85. The number of carbonyl (C=O) groups is 1. The van der Waals surface area contributed by atoms with Gasteiger partial charge in [-0.05, 0) is 33.1 Å². The summed E-state index contributed by atoms with van der Waals surface area (Å²) in [7, 11) is 0. The SMILES string of the molecule is CCCCC(C)NC(C)C(=O)NC1CCCCC1. The van der Waals surface area contributed by atoms with E-state index in [9.17, 15) is 4.79 Å². The number of amides is 1. The summed E-state index contributed by atoms with van der Waals surface area (Å²) in [5.74, 6) is 0.172. The Labute approximate surface area is 112 Å². The van der Waals surface area contributed by atoms with Crippen molar-refractivity contribution in [1.29, 1.82) is 0 Å². The first-order chi connectivity index (χ1) is 8.63. The molecular formula is C15H30N2O. The summed E-state index contributed by atoms with van der Waals surface area (Å²) in [5.41, 5.74) is 0. The maximum atomic E-state index is 12.0. The van der Waals surface area contributed by atoms with Crippen LogP contribution in [0.5, 0.6) is 0 Å². The van der Waals surface area contributed by atoms with Crippen molar-refractivity contribution in [3.8, 4) is 0 Å². The average Bonchev–Trinajstić information content (AvgIpc) is 2.37. The van der Waals surface area contributed by atoms with Crippen molar-refractivity contribution < 1.29 is 4.79 Å². The number of carbonyl (C=O) groups excluding carboxylic acids is 1. The summed E-state index contributed by atoms with van der Waals surface area (Å²) in [6, 6.07) is 0.775. The molecular weight excluding hydrogens is 224 g/mol. The Balaban J connectivity index is 2.22. The van der Waals surface area contributed by atoms with E-state index < -0.39 is 0 Å². The maximum Gasteiger partial charge on any atom is 0.237 e. The van der Waals surface area contributed by atoms with Gasteiger partial charge in [0.25, 0.3) is 0 Å². The van der Waals surface area contributed by atoms with Crippen LogP contribution in [0.2, 0.25) is 0 Å². The van der Waals surface area contributed by atoms with Crippen molar-refractivity contribution in [2.45, 2.75) is 90.3 Å². The predicted octanol–water partition coefficient (Wildman–Crippen LogP) is 2.99. The largest absolute Gasteiger partial charge is 0.352 e. The van der Waals surface area contributed by atoms with Gasteiger partial charge in [0.1, 0.15) is 0 Å². The first kappa shape index (κ1) is 15.5. The van der Waals surface area contributed by atoms with Crippen molar-refractivity contribution in [2.75, 3.05) is 0 Å². The van der Waals surface area contributed by atoms with Gasteiger partial charge >= 0.3 is 0 Å². The third-order valence-electron chi connectivity index (χ3n) is 3.87. The Hall–Kier alpha value is -0.570. The smallest absolute Gasteiger partial charge is 0.237 e. The molecule has 0 spiro atoms. The fraction of sp³-hybridized carbons (Fsp3) is 0.933. The molecule has 1 saturated carbocycles. The summed E-state index contributed by atoms with van der Waals surface area (Å²) in [5, 5.41) is 6.57. The van der Waals surface area contributed by atoms with Crippen molar-refractivity contribution in [3.05, 3.63) is 0 Å². The van der Waals surface area contributed by atoms with E-state index in [1.54, 1.807) is 0 Å². The highest BCUT2D eigenvalue weighted by atomic mass is 16.2. The van der Waals surface area contributed by atoms with E-state index in [-0.39, 0.29) is 11.9 Å². The van der Waals surface area contributed by atoms with Gasteiger partial charge < -0.3 is 10.6 Å². The highest BCUT2D eigenvalue weighted by Crippen LogP contribution is 2.17. The summed E-state index contributed by atoms with van der Waals surface area (Å²) in [6.45, 7) is 6.34. The number of rotatable bonds is 7. The van der Waals surface area contributed by atoms with E-state index >= 15 is 0 Å². The van der Waals surface area contributed by atoms with Gasteiger partial charge in [-0.15, -0.1) is 0 Å². The Morgan fingerprint density at radius 1 is 1.22 bits per heavy atom. The van der Waals surface area contributed by atoms with Crippen LogP contribution in [0.3, 0.4) is 0 Å². The molecule has 0 heterocycles. The van der Waals surface area contributed by atoms with Crippen molar-refractivity contribution >= 4 is 5.91 Å². The van der Waals surface area contributed by atoms with Crippen LogP contribution in [-0.4, -0.2) is 24.0 Å². The van der Waals surface area contributed by atoms with Gasteiger partial charge in [-0.2, -0.15) is 0 Å². The van der Waals surface area contributed by atoms with Crippen molar-refractivity contribution in [1.82, 2.24) is 10.6 Å². The second-order valence-electron chi connectivity index (χ2n) is 5.78. The summed E-state index contributed by atoms with van der Waals surface area (Å²) in [4.78, 5) is 12.0. The van der Waals surface area contributed by atoms with E-state index in [4.69, 9.17) is 0 Å². The summed E-state index contributed by atoms with van der Waals surface area (Å²) < 4.78 is 0. The molecule has 3 nitrogen and oxygen atoms in total. The van der Waals surface area contributed by atoms with Gasteiger partial charge in [0.2, 0.25) is 5.91 Å². The molecule has 1 fully saturated rings. The Morgan fingerprint density at radius 2 is 1.89 bits per heavy atom. The molecule has 0 aliphatic heterocycles. The second-order valence-corrected chi connectivity index (χ2v) is 5.78. The molecule has 18 heavy (non-hydrogen) atoms. The minimum atomic E-state index is -0.0706. The number of nitrogens with one attached hydrogen (secondary N) is 2. The molecule has 2 atom stereocenters. The third-order valence-corrected chi connectivity index (χ3v) is 3.87. The molecule has 1 aliphatic carbocycles. The van der Waals surface area contributed by atoms with E-state index in [1.807, 2.05) is 6.92 Å². The first-order valence-corrected chi connectivity index (χ1v) is 7.70. The summed E-state index contributed by atoms with van der Waals surface area (Å²) >= 11 is 0. The Bertz CT molecular complexity index is 237. The fourth-order valence-corrected chi connectivity index (χ4v) is 2.67.